The summed E-state index contributed by atoms with van der Waals surface area (Å²) in [7, 11) is 1.32. The molecular formula is C19H23N3O5. The molecule has 1 aromatic rings. The maximum Gasteiger partial charge on any atom is 0.337 e. The molecule has 1 aromatic carbocycles. The second-order valence-electron chi connectivity index (χ2n) is 6.89. The lowest BCUT2D eigenvalue weighted by molar-refractivity contribution is -0.131. The van der Waals surface area contributed by atoms with Crippen molar-refractivity contribution < 1.29 is 23.9 Å². The Balaban J connectivity index is 1.46. The summed E-state index contributed by atoms with van der Waals surface area (Å²) < 4.78 is 4.63. The fourth-order valence-corrected chi connectivity index (χ4v) is 3.58. The lowest BCUT2D eigenvalue weighted by Crippen LogP contribution is -2.44. The van der Waals surface area contributed by atoms with E-state index >= 15 is 0 Å². The SMILES string of the molecule is COC(=O)c1ccc(CNC(=O)CCN2C(=O)NC3(CCCC3)C2=O)cc1. The molecule has 8 heteroatoms. The van der Waals surface area contributed by atoms with Crippen LogP contribution in [-0.2, 0) is 20.9 Å². The number of nitrogens with one attached hydrogen (secondary N) is 2. The van der Waals surface area contributed by atoms with Crippen LogP contribution >= 0.6 is 0 Å². The van der Waals surface area contributed by atoms with Crippen LogP contribution in [0.15, 0.2) is 24.3 Å². The molecule has 2 aliphatic rings. The first kappa shape index (κ1) is 18.9. The smallest absolute Gasteiger partial charge is 0.337 e. The van der Waals surface area contributed by atoms with Crippen molar-refractivity contribution in [2.45, 2.75) is 44.2 Å². The highest BCUT2D eigenvalue weighted by Crippen LogP contribution is 2.34. The molecule has 1 saturated carbocycles. The van der Waals surface area contributed by atoms with Crippen molar-refractivity contribution in [1.82, 2.24) is 15.5 Å². The number of ether oxygens (including phenoxy) is 1. The van der Waals surface area contributed by atoms with Gasteiger partial charge in [0.1, 0.15) is 5.54 Å². The Morgan fingerprint density at radius 2 is 1.85 bits per heavy atom. The van der Waals surface area contributed by atoms with E-state index in [4.69, 9.17) is 0 Å². The minimum Gasteiger partial charge on any atom is -0.465 e. The third-order valence-corrected chi connectivity index (χ3v) is 5.13. The number of esters is 1. The summed E-state index contributed by atoms with van der Waals surface area (Å²) in [4.78, 5) is 49.2. The van der Waals surface area contributed by atoms with E-state index < -0.39 is 17.5 Å². The number of methoxy groups -OCH3 is 1. The molecule has 27 heavy (non-hydrogen) atoms. The first-order valence-corrected chi connectivity index (χ1v) is 9.03. The third-order valence-electron chi connectivity index (χ3n) is 5.13. The minimum absolute atomic E-state index is 0.0511. The van der Waals surface area contributed by atoms with E-state index in [1.807, 2.05) is 0 Å². The molecule has 4 amide bonds. The van der Waals surface area contributed by atoms with E-state index in [0.29, 0.717) is 24.9 Å². The summed E-state index contributed by atoms with van der Waals surface area (Å²) in [5.41, 5.74) is 0.525. The summed E-state index contributed by atoms with van der Waals surface area (Å²) in [5.74, 6) is -0.879. The van der Waals surface area contributed by atoms with Gasteiger partial charge in [-0.25, -0.2) is 9.59 Å². The van der Waals surface area contributed by atoms with Gasteiger partial charge in [-0.15, -0.1) is 0 Å². The molecule has 2 fully saturated rings. The molecule has 1 spiro atoms. The van der Waals surface area contributed by atoms with E-state index in [-0.39, 0.29) is 24.8 Å². The van der Waals surface area contributed by atoms with Gasteiger partial charge in [-0.2, -0.15) is 0 Å². The predicted molar refractivity (Wildman–Crippen MR) is 95.7 cm³/mol. The van der Waals surface area contributed by atoms with Crippen LogP contribution in [-0.4, -0.2) is 47.9 Å². The molecule has 2 N–H and O–H groups in total. The molecule has 1 saturated heterocycles. The van der Waals surface area contributed by atoms with Crippen LogP contribution in [0.5, 0.6) is 0 Å². The number of urea groups is 1. The number of carbonyl (C=O) groups excluding carboxylic acids is 4. The zero-order valence-corrected chi connectivity index (χ0v) is 15.2. The Bertz CT molecular complexity index is 753. The van der Waals surface area contributed by atoms with E-state index in [2.05, 4.69) is 15.4 Å². The second kappa shape index (κ2) is 7.77. The molecule has 1 heterocycles. The van der Waals surface area contributed by atoms with E-state index in [1.165, 1.54) is 7.11 Å². The number of hydrogen-bond donors (Lipinski definition) is 2. The monoisotopic (exact) mass is 373 g/mol. The van der Waals surface area contributed by atoms with Crippen LogP contribution in [0, 0.1) is 0 Å². The summed E-state index contributed by atoms with van der Waals surface area (Å²) in [6.45, 7) is 0.365. The Hall–Kier alpha value is -2.90. The molecule has 0 radical (unpaired) electrons. The Kier molecular flexibility index (Phi) is 5.43. The van der Waals surface area contributed by atoms with Crippen LogP contribution < -0.4 is 10.6 Å². The summed E-state index contributed by atoms with van der Waals surface area (Å²) in [5, 5.41) is 5.55. The molecule has 0 aromatic heterocycles. The van der Waals surface area contributed by atoms with Crippen molar-refractivity contribution in [3.8, 4) is 0 Å². The largest absolute Gasteiger partial charge is 0.465 e. The van der Waals surface area contributed by atoms with E-state index in [9.17, 15) is 19.2 Å². The van der Waals surface area contributed by atoms with Crippen LogP contribution in [0.2, 0.25) is 0 Å². The topological polar surface area (TPSA) is 105 Å². The van der Waals surface area contributed by atoms with Crippen molar-refractivity contribution in [3.63, 3.8) is 0 Å². The third kappa shape index (κ3) is 3.94. The highest BCUT2D eigenvalue weighted by molar-refractivity contribution is 6.07. The summed E-state index contributed by atoms with van der Waals surface area (Å²) in [6.07, 6.45) is 3.24. The molecule has 0 atom stereocenters. The Morgan fingerprint density at radius 1 is 1.19 bits per heavy atom. The molecule has 1 aliphatic carbocycles. The number of imide groups is 1. The fraction of sp³-hybridized carbons (Fsp3) is 0.474. The number of benzene rings is 1. The van der Waals surface area contributed by atoms with Crippen molar-refractivity contribution in [2.75, 3.05) is 13.7 Å². The average molecular weight is 373 g/mol. The number of amides is 4. The standard InChI is InChI=1S/C19H23N3O5/c1-27-16(24)14-6-4-13(5-7-14)12-20-15(23)8-11-22-17(25)19(21-18(22)26)9-2-3-10-19/h4-7H,2-3,8-12H2,1H3,(H,20,23)(H,21,26). The first-order chi connectivity index (χ1) is 12.9. The molecule has 144 valence electrons. The number of nitrogens with zero attached hydrogens (tertiary/aromatic N) is 1. The van der Waals surface area contributed by atoms with Gasteiger partial charge >= 0.3 is 12.0 Å². The zero-order valence-electron chi connectivity index (χ0n) is 15.2. The van der Waals surface area contributed by atoms with Gasteiger partial charge in [0.2, 0.25) is 5.91 Å². The van der Waals surface area contributed by atoms with Gasteiger partial charge in [0.05, 0.1) is 12.7 Å². The van der Waals surface area contributed by atoms with Crippen molar-refractivity contribution in [1.29, 1.82) is 0 Å². The molecule has 0 unspecified atom stereocenters. The van der Waals surface area contributed by atoms with Crippen molar-refractivity contribution >= 4 is 23.8 Å². The Morgan fingerprint density at radius 3 is 2.48 bits per heavy atom. The fourth-order valence-electron chi connectivity index (χ4n) is 3.58. The molecular weight excluding hydrogens is 350 g/mol. The molecule has 8 nitrogen and oxygen atoms in total. The van der Waals surface area contributed by atoms with E-state index in [1.54, 1.807) is 24.3 Å². The minimum atomic E-state index is -0.741. The predicted octanol–water partition coefficient (Wildman–Crippen LogP) is 1.34. The van der Waals surface area contributed by atoms with Gasteiger partial charge in [0.15, 0.2) is 0 Å². The lowest BCUT2D eigenvalue weighted by Gasteiger charge is -2.19. The van der Waals surface area contributed by atoms with Gasteiger partial charge < -0.3 is 15.4 Å². The highest BCUT2D eigenvalue weighted by Gasteiger charge is 2.52. The van der Waals surface area contributed by atoms with Gasteiger partial charge in [-0.1, -0.05) is 25.0 Å². The van der Waals surface area contributed by atoms with Gasteiger partial charge in [0.25, 0.3) is 5.91 Å². The number of carbonyl (C=O) groups is 4. The average Bonchev–Trinajstić information content (AvgIpc) is 3.23. The number of hydrogen-bond acceptors (Lipinski definition) is 5. The van der Waals surface area contributed by atoms with Crippen LogP contribution in [0.1, 0.15) is 48.0 Å². The summed E-state index contributed by atoms with van der Waals surface area (Å²) in [6, 6.07) is 6.30. The van der Waals surface area contributed by atoms with Gasteiger partial charge in [-0.3, -0.25) is 14.5 Å². The zero-order chi connectivity index (χ0) is 19.4. The van der Waals surface area contributed by atoms with Crippen molar-refractivity contribution in [2.24, 2.45) is 0 Å². The molecule has 3 rings (SSSR count). The van der Waals surface area contributed by atoms with Gasteiger partial charge in [0, 0.05) is 19.5 Å². The van der Waals surface area contributed by atoms with Crippen molar-refractivity contribution in [3.05, 3.63) is 35.4 Å². The Labute approximate surface area is 157 Å². The van der Waals surface area contributed by atoms with Crippen LogP contribution in [0.25, 0.3) is 0 Å². The molecule has 0 bridgehead atoms. The summed E-state index contributed by atoms with van der Waals surface area (Å²) >= 11 is 0. The maximum atomic E-state index is 12.5. The normalized spacial score (nSPS) is 17.9. The molecule has 1 aliphatic heterocycles. The lowest BCUT2D eigenvalue weighted by atomic mass is 9.98. The number of rotatable bonds is 6. The van der Waals surface area contributed by atoms with Crippen LogP contribution in [0.4, 0.5) is 4.79 Å². The second-order valence-corrected chi connectivity index (χ2v) is 6.89. The highest BCUT2D eigenvalue weighted by atomic mass is 16.5. The van der Waals surface area contributed by atoms with Crippen LogP contribution in [0.3, 0.4) is 0 Å². The van der Waals surface area contributed by atoms with Gasteiger partial charge in [-0.05, 0) is 30.5 Å². The first-order valence-electron chi connectivity index (χ1n) is 9.03. The van der Waals surface area contributed by atoms with E-state index in [0.717, 1.165) is 23.3 Å². The quantitative estimate of drug-likeness (QED) is 0.578. The maximum absolute atomic E-state index is 12.5.